The van der Waals surface area contributed by atoms with Gasteiger partial charge in [0.05, 0.1) is 26.3 Å². The summed E-state index contributed by atoms with van der Waals surface area (Å²) in [5.74, 6) is 1.62. The van der Waals surface area contributed by atoms with Crippen molar-refractivity contribution < 1.29 is 14.8 Å². The fourth-order valence-corrected chi connectivity index (χ4v) is 1.93. The molecule has 1 aromatic carbocycles. The Morgan fingerprint density at radius 1 is 1.30 bits per heavy atom. The number of nitrogens with two attached hydrogens (primary N) is 1. The van der Waals surface area contributed by atoms with Gasteiger partial charge in [0.1, 0.15) is 0 Å². The van der Waals surface area contributed by atoms with Crippen LogP contribution >= 0.6 is 0 Å². The van der Waals surface area contributed by atoms with Crippen LogP contribution < -0.4 is 14.8 Å². The molecule has 0 aliphatic carbocycles. The van der Waals surface area contributed by atoms with Gasteiger partial charge in [-0.15, -0.1) is 0 Å². The fraction of sp³-hybridized carbons (Fsp3) is 0.529. The standard InChI is InChI=1S/C17H27NO2/c1-5-8-15-9-10-16(17(13-15)19-4)20-12-7-11-18-14(3)6-2/h5,8-10,13-14,18H,6-7,11-12H2,1-4H3/p+1/b8-5+/t14-/m0/s1. The summed E-state index contributed by atoms with van der Waals surface area (Å²) >= 11 is 0. The molecule has 1 atom stereocenters. The van der Waals surface area contributed by atoms with Crippen molar-refractivity contribution in [2.75, 3.05) is 20.3 Å². The zero-order valence-corrected chi connectivity index (χ0v) is 13.2. The van der Waals surface area contributed by atoms with E-state index < -0.39 is 0 Å². The van der Waals surface area contributed by atoms with Crippen LogP contribution in [-0.2, 0) is 0 Å². The third-order valence-corrected chi connectivity index (χ3v) is 3.37. The Hall–Kier alpha value is -1.48. The summed E-state index contributed by atoms with van der Waals surface area (Å²) in [7, 11) is 1.68. The molecule has 0 saturated carbocycles. The first-order valence-electron chi connectivity index (χ1n) is 7.48. The Morgan fingerprint density at radius 2 is 2.10 bits per heavy atom. The minimum absolute atomic E-state index is 0.699. The molecule has 0 bridgehead atoms. The number of benzene rings is 1. The fourth-order valence-electron chi connectivity index (χ4n) is 1.93. The Labute approximate surface area is 123 Å². The van der Waals surface area contributed by atoms with E-state index in [0.29, 0.717) is 6.04 Å². The van der Waals surface area contributed by atoms with Crippen molar-refractivity contribution in [3.05, 3.63) is 29.8 Å². The second-order valence-electron chi connectivity index (χ2n) is 5.02. The van der Waals surface area contributed by atoms with Crippen LogP contribution in [0.15, 0.2) is 24.3 Å². The van der Waals surface area contributed by atoms with Gasteiger partial charge >= 0.3 is 0 Å². The predicted molar refractivity (Wildman–Crippen MR) is 84.4 cm³/mol. The molecule has 0 heterocycles. The number of ether oxygens (including phenoxy) is 2. The van der Waals surface area contributed by atoms with Crippen molar-refractivity contribution >= 4 is 6.08 Å². The minimum Gasteiger partial charge on any atom is -0.493 e. The van der Waals surface area contributed by atoms with Crippen molar-refractivity contribution in [2.45, 2.75) is 39.7 Å². The van der Waals surface area contributed by atoms with E-state index in [1.54, 1.807) is 7.11 Å². The maximum Gasteiger partial charge on any atom is 0.161 e. The van der Waals surface area contributed by atoms with Gasteiger partial charge in [0.25, 0.3) is 0 Å². The van der Waals surface area contributed by atoms with Gasteiger partial charge in [-0.3, -0.25) is 0 Å². The van der Waals surface area contributed by atoms with E-state index in [-0.39, 0.29) is 0 Å². The van der Waals surface area contributed by atoms with Gasteiger partial charge in [0.15, 0.2) is 11.5 Å². The van der Waals surface area contributed by atoms with Crippen LogP contribution in [-0.4, -0.2) is 26.3 Å². The molecule has 0 amide bonds. The second kappa shape index (κ2) is 9.43. The highest BCUT2D eigenvalue weighted by atomic mass is 16.5. The first-order chi connectivity index (χ1) is 9.71. The summed E-state index contributed by atoms with van der Waals surface area (Å²) in [6, 6.07) is 6.72. The summed E-state index contributed by atoms with van der Waals surface area (Å²) in [5.41, 5.74) is 1.13. The first-order valence-corrected chi connectivity index (χ1v) is 7.48. The molecule has 0 unspecified atom stereocenters. The predicted octanol–water partition coefficient (Wildman–Crippen LogP) is 2.86. The van der Waals surface area contributed by atoms with Crippen LogP contribution in [0, 0.1) is 0 Å². The highest BCUT2D eigenvalue weighted by Crippen LogP contribution is 2.28. The second-order valence-corrected chi connectivity index (χ2v) is 5.02. The number of rotatable bonds is 9. The molecular weight excluding hydrogens is 250 g/mol. The molecule has 0 aliphatic heterocycles. The van der Waals surface area contributed by atoms with Gasteiger partial charge < -0.3 is 14.8 Å². The molecule has 3 heteroatoms. The lowest BCUT2D eigenvalue weighted by atomic mass is 10.2. The smallest absolute Gasteiger partial charge is 0.161 e. The van der Waals surface area contributed by atoms with E-state index in [1.807, 2.05) is 37.3 Å². The van der Waals surface area contributed by atoms with Crippen LogP contribution in [0.4, 0.5) is 0 Å². The largest absolute Gasteiger partial charge is 0.493 e. The van der Waals surface area contributed by atoms with Crippen molar-refractivity contribution in [3.8, 4) is 11.5 Å². The van der Waals surface area contributed by atoms with E-state index in [9.17, 15) is 0 Å². The number of hydrogen-bond acceptors (Lipinski definition) is 2. The lowest BCUT2D eigenvalue weighted by molar-refractivity contribution is -0.686. The number of methoxy groups -OCH3 is 1. The lowest BCUT2D eigenvalue weighted by Crippen LogP contribution is -2.89. The minimum atomic E-state index is 0.699. The van der Waals surface area contributed by atoms with E-state index in [2.05, 4.69) is 19.2 Å². The normalized spacial score (nSPS) is 12.6. The monoisotopic (exact) mass is 278 g/mol. The zero-order chi connectivity index (χ0) is 14.8. The van der Waals surface area contributed by atoms with E-state index in [4.69, 9.17) is 9.47 Å². The van der Waals surface area contributed by atoms with E-state index >= 15 is 0 Å². The van der Waals surface area contributed by atoms with Crippen LogP contribution in [0.2, 0.25) is 0 Å². The summed E-state index contributed by atoms with van der Waals surface area (Å²) < 4.78 is 11.2. The van der Waals surface area contributed by atoms with Gasteiger partial charge in [-0.2, -0.15) is 0 Å². The van der Waals surface area contributed by atoms with Crippen molar-refractivity contribution in [3.63, 3.8) is 0 Å². The molecule has 0 aliphatic rings. The highest BCUT2D eigenvalue weighted by molar-refractivity contribution is 5.55. The van der Waals surface area contributed by atoms with Crippen LogP contribution in [0.1, 0.15) is 39.2 Å². The van der Waals surface area contributed by atoms with Gasteiger partial charge in [0.2, 0.25) is 0 Å². The Morgan fingerprint density at radius 3 is 2.75 bits per heavy atom. The quantitative estimate of drug-likeness (QED) is 0.705. The molecule has 3 nitrogen and oxygen atoms in total. The molecular formula is C17H28NO2+. The molecule has 0 radical (unpaired) electrons. The summed E-state index contributed by atoms with van der Waals surface area (Å²) in [6.45, 7) is 8.31. The maximum absolute atomic E-state index is 5.81. The van der Waals surface area contributed by atoms with Crippen LogP contribution in [0.3, 0.4) is 0 Å². The van der Waals surface area contributed by atoms with Crippen molar-refractivity contribution in [1.29, 1.82) is 0 Å². The molecule has 0 fully saturated rings. The lowest BCUT2D eigenvalue weighted by Gasteiger charge is -2.12. The third kappa shape index (κ3) is 5.66. The van der Waals surface area contributed by atoms with Gasteiger partial charge in [0, 0.05) is 6.42 Å². The van der Waals surface area contributed by atoms with Crippen molar-refractivity contribution in [1.82, 2.24) is 0 Å². The third-order valence-electron chi connectivity index (χ3n) is 3.37. The molecule has 1 aromatic rings. The molecule has 2 N–H and O–H groups in total. The van der Waals surface area contributed by atoms with Crippen molar-refractivity contribution in [2.24, 2.45) is 0 Å². The Balaban J connectivity index is 2.43. The average Bonchev–Trinajstić information content (AvgIpc) is 2.47. The summed E-state index contributed by atoms with van der Waals surface area (Å²) in [4.78, 5) is 0. The average molecular weight is 278 g/mol. The number of quaternary nitrogens is 1. The Kier molecular flexibility index (Phi) is 7.81. The van der Waals surface area contributed by atoms with Gasteiger partial charge in [-0.1, -0.05) is 25.1 Å². The zero-order valence-electron chi connectivity index (χ0n) is 13.2. The molecule has 0 spiro atoms. The molecule has 1 rings (SSSR count). The van der Waals surface area contributed by atoms with E-state index in [0.717, 1.165) is 36.6 Å². The number of allylic oxidation sites excluding steroid dienone is 1. The number of hydrogen-bond donors (Lipinski definition) is 1. The molecule has 0 saturated heterocycles. The highest BCUT2D eigenvalue weighted by Gasteiger charge is 2.05. The molecule has 0 aromatic heterocycles. The topological polar surface area (TPSA) is 35.1 Å². The van der Waals surface area contributed by atoms with Gasteiger partial charge in [-0.05, 0) is 38.0 Å². The first kappa shape index (κ1) is 16.6. The summed E-state index contributed by atoms with van der Waals surface area (Å²) in [6.07, 6.45) is 6.32. The summed E-state index contributed by atoms with van der Waals surface area (Å²) in [5, 5.41) is 2.37. The SMILES string of the molecule is C/C=C/c1ccc(OCCC[NH2+][C@@H](C)CC)c(OC)c1. The molecule has 112 valence electrons. The Bertz CT molecular complexity index is 415. The van der Waals surface area contributed by atoms with Crippen LogP contribution in [0.25, 0.3) is 6.08 Å². The molecule has 20 heavy (non-hydrogen) atoms. The van der Waals surface area contributed by atoms with Crippen LogP contribution in [0.5, 0.6) is 11.5 Å². The van der Waals surface area contributed by atoms with E-state index in [1.165, 1.54) is 6.42 Å². The maximum atomic E-state index is 5.81. The van der Waals surface area contributed by atoms with Gasteiger partial charge in [-0.25, -0.2) is 0 Å².